The van der Waals surface area contributed by atoms with E-state index in [1.54, 1.807) is 0 Å². The summed E-state index contributed by atoms with van der Waals surface area (Å²) in [6, 6.07) is 12.1. The summed E-state index contributed by atoms with van der Waals surface area (Å²) in [4.78, 5) is 33.6. The molecule has 2 amide bonds. The minimum atomic E-state index is -0.633. The number of aryl methyl sites for hydroxylation is 2. The number of likely N-dealkylation sites (tertiary alicyclic amines) is 1. The molecule has 1 aliphatic heterocycles. The van der Waals surface area contributed by atoms with E-state index in [2.05, 4.69) is 16.4 Å². The predicted octanol–water partition coefficient (Wildman–Crippen LogP) is 5.11. The topological polar surface area (TPSA) is 62.3 Å². The van der Waals surface area contributed by atoms with Crippen LogP contribution in [0, 0.1) is 31.5 Å². The summed E-state index contributed by atoms with van der Waals surface area (Å²) < 4.78 is 13.7. The van der Waals surface area contributed by atoms with Gasteiger partial charge in [0.1, 0.15) is 11.5 Å². The smallest absolute Gasteiger partial charge is 0.274 e. The minimum absolute atomic E-state index is 0.0942. The normalized spacial score (nSPS) is 21.1. The van der Waals surface area contributed by atoms with Crippen molar-refractivity contribution in [2.24, 2.45) is 11.8 Å². The number of nitrogens with one attached hydrogen (secondary N) is 1. The molecule has 170 valence electrons. The first kappa shape index (κ1) is 22.0. The molecule has 8 heteroatoms. The quantitative estimate of drug-likeness (QED) is 0.548. The molecule has 1 saturated carbocycles. The molecule has 3 atom stereocenters. The molecule has 1 aromatic heterocycles. The standard InChI is InChI=1S/C25H23ClFN3O2S/c1-13-5-3-6-15(9-13)23-22(29-14(2)33-23)25(32)30-12-16-10-18(16)20(30)11-28-24(31)17-7-4-8-19(27)21(17)26/h3-9,16,18,20H,10-12H2,1-2H3,(H,28,31)/t16-,18?,20-/m1/s1. The van der Waals surface area contributed by atoms with E-state index in [0.29, 0.717) is 30.6 Å². The fourth-order valence-electron chi connectivity index (χ4n) is 4.73. The van der Waals surface area contributed by atoms with Gasteiger partial charge in [-0.3, -0.25) is 9.59 Å². The van der Waals surface area contributed by atoms with Gasteiger partial charge in [-0.2, -0.15) is 0 Å². The van der Waals surface area contributed by atoms with Crippen LogP contribution in [0.3, 0.4) is 0 Å². The van der Waals surface area contributed by atoms with Crippen LogP contribution in [0.4, 0.5) is 4.39 Å². The molecule has 0 bridgehead atoms. The molecule has 5 rings (SSSR count). The Labute approximate surface area is 200 Å². The largest absolute Gasteiger partial charge is 0.350 e. The fraction of sp³-hybridized carbons (Fsp3) is 0.320. The number of fused-ring (bicyclic) bond motifs is 1. The lowest BCUT2D eigenvalue weighted by Gasteiger charge is -2.27. The van der Waals surface area contributed by atoms with E-state index in [9.17, 15) is 14.0 Å². The number of aromatic nitrogens is 1. The first-order valence-corrected chi connectivity index (χ1v) is 12.1. The predicted molar refractivity (Wildman–Crippen MR) is 127 cm³/mol. The summed E-state index contributed by atoms with van der Waals surface area (Å²) in [6.45, 7) is 4.88. The maximum Gasteiger partial charge on any atom is 0.274 e. The number of nitrogens with zero attached hydrogens (tertiary/aromatic N) is 2. The SMILES string of the molecule is Cc1cccc(-c2sc(C)nc2C(=O)N2C[C@H]3CC3[C@H]2CNC(=O)c2cccc(F)c2Cl)c1. The molecule has 33 heavy (non-hydrogen) atoms. The molecule has 2 aromatic carbocycles. The van der Waals surface area contributed by atoms with E-state index in [1.807, 2.05) is 36.9 Å². The Morgan fingerprint density at radius 1 is 1.24 bits per heavy atom. The molecule has 2 heterocycles. The number of benzene rings is 2. The third-order valence-corrected chi connectivity index (χ3v) is 7.85. The van der Waals surface area contributed by atoms with Crippen molar-refractivity contribution in [2.45, 2.75) is 26.3 Å². The van der Waals surface area contributed by atoms with Crippen LogP contribution in [0.25, 0.3) is 10.4 Å². The zero-order chi connectivity index (χ0) is 23.3. The number of piperidine rings is 1. The molecular weight excluding hydrogens is 461 g/mol. The number of amides is 2. The Bertz CT molecular complexity index is 1260. The Kier molecular flexibility index (Phi) is 5.70. The van der Waals surface area contributed by atoms with Crippen molar-refractivity contribution in [3.8, 4) is 10.4 Å². The zero-order valence-corrected chi connectivity index (χ0v) is 19.8. The molecule has 1 unspecified atom stereocenters. The van der Waals surface area contributed by atoms with E-state index < -0.39 is 11.7 Å². The Hall–Kier alpha value is -2.77. The third-order valence-electron chi connectivity index (χ3n) is 6.45. The Morgan fingerprint density at radius 3 is 2.82 bits per heavy atom. The highest BCUT2D eigenvalue weighted by atomic mass is 35.5. The van der Waals surface area contributed by atoms with Gasteiger partial charge < -0.3 is 10.2 Å². The van der Waals surface area contributed by atoms with E-state index in [4.69, 9.17) is 11.6 Å². The molecule has 5 nitrogen and oxygen atoms in total. The molecule has 2 aliphatic rings. The molecule has 1 N–H and O–H groups in total. The van der Waals surface area contributed by atoms with Gasteiger partial charge in [0, 0.05) is 13.1 Å². The number of hydrogen-bond acceptors (Lipinski definition) is 4. The van der Waals surface area contributed by atoms with Gasteiger partial charge >= 0.3 is 0 Å². The van der Waals surface area contributed by atoms with Crippen LogP contribution in [-0.2, 0) is 0 Å². The number of rotatable bonds is 5. The highest BCUT2D eigenvalue weighted by molar-refractivity contribution is 7.15. The van der Waals surface area contributed by atoms with Crippen LogP contribution in [-0.4, -0.2) is 40.8 Å². The van der Waals surface area contributed by atoms with Crippen LogP contribution < -0.4 is 5.32 Å². The molecular formula is C25H23ClFN3O2S. The second-order valence-electron chi connectivity index (χ2n) is 8.78. The van der Waals surface area contributed by atoms with Crippen LogP contribution in [0.5, 0.6) is 0 Å². The maximum atomic E-state index is 13.7. The lowest BCUT2D eigenvalue weighted by molar-refractivity contribution is 0.0690. The first-order chi connectivity index (χ1) is 15.8. The fourth-order valence-corrected chi connectivity index (χ4v) is 5.85. The van der Waals surface area contributed by atoms with Gasteiger partial charge in [0.15, 0.2) is 0 Å². The Morgan fingerprint density at radius 2 is 2.03 bits per heavy atom. The van der Waals surface area contributed by atoms with Crippen molar-refractivity contribution >= 4 is 34.8 Å². The van der Waals surface area contributed by atoms with Gasteiger partial charge in [-0.25, -0.2) is 9.37 Å². The van der Waals surface area contributed by atoms with Crippen LogP contribution in [0.15, 0.2) is 42.5 Å². The lowest BCUT2D eigenvalue weighted by Crippen LogP contribution is -2.45. The molecule has 2 fully saturated rings. The number of thiazole rings is 1. The van der Waals surface area contributed by atoms with Gasteiger partial charge in [-0.05, 0) is 49.8 Å². The summed E-state index contributed by atoms with van der Waals surface area (Å²) in [6.07, 6.45) is 1.05. The minimum Gasteiger partial charge on any atom is -0.350 e. The van der Waals surface area contributed by atoms with Crippen molar-refractivity contribution in [3.05, 3.63) is 75.1 Å². The van der Waals surface area contributed by atoms with Crippen LogP contribution in [0.2, 0.25) is 5.02 Å². The molecule has 0 radical (unpaired) electrons. The van der Waals surface area contributed by atoms with Gasteiger partial charge in [0.05, 0.1) is 26.5 Å². The highest BCUT2D eigenvalue weighted by Crippen LogP contribution is 2.50. The third kappa shape index (κ3) is 4.15. The molecule has 3 aromatic rings. The van der Waals surface area contributed by atoms with Gasteiger partial charge in [0.25, 0.3) is 11.8 Å². The highest BCUT2D eigenvalue weighted by Gasteiger charge is 2.54. The number of halogens is 2. The van der Waals surface area contributed by atoms with Crippen LogP contribution in [0.1, 0.15) is 37.8 Å². The summed E-state index contributed by atoms with van der Waals surface area (Å²) in [5.74, 6) is -0.367. The van der Waals surface area contributed by atoms with E-state index in [1.165, 1.54) is 29.5 Å². The summed E-state index contributed by atoms with van der Waals surface area (Å²) in [7, 11) is 0. The number of hydrogen-bond donors (Lipinski definition) is 1. The average molecular weight is 484 g/mol. The number of carbonyl (C=O) groups excluding carboxylic acids is 2. The molecule has 0 spiro atoms. The van der Waals surface area contributed by atoms with Crippen molar-refractivity contribution in [3.63, 3.8) is 0 Å². The van der Waals surface area contributed by atoms with Crippen LogP contribution >= 0.6 is 22.9 Å². The zero-order valence-electron chi connectivity index (χ0n) is 18.3. The van der Waals surface area contributed by atoms with Gasteiger partial charge in [0.2, 0.25) is 0 Å². The summed E-state index contributed by atoms with van der Waals surface area (Å²) in [5.41, 5.74) is 2.67. The summed E-state index contributed by atoms with van der Waals surface area (Å²) in [5, 5.41) is 3.50. The average Bonchev–Trinajstić information content (AvgIpc) is 3.30. The van der Waals surface area contributed by atoms with Crippen molar-refractivity contribution in [1.82, 2.24) is 15.2 Å². The molecule has 1 aliphatic carbocycles. The maximum absolute atomic E-state index is 13.7. The Balaban J connectivity index is 1.36. The lowest BCUT2D eigenvalue weighted by atomic mass is 10.1. The van der Waals surface area contributed by atoms with Crippen molar-refractivity contribution in [1.29, 1.82) is 0 Å². The second-order valence-corrected chi connectivity index (χ2v) is 10.4. The number of carbonyl (C=O) groups is 2. The van der Waals surface area contributed by atoms with E-state index in [0.717, 1.165) is 27.4 Å². The first-order valence-electron chi connectivity index (χ1n) is 10.9. The second kappa shape index (κ2) is 8.54. The van der Waals surface area contributed by atoms with Gasteiger partial charge in [-0.1, -0.05) is 47.5 Å². The van der Waals surface area contributed by atoms with E-state index >= 15 is 0 Å². The summed E-state index contributed by atoms with van der Waals surface area (Å²) >= 11 is 7.48. The molecule has 1 saturated heterocycles. The van der Waals surface area contributed by atoms with Crippen molar-refractivity contribution < 1.29 is 14.0 Å². The van der Waals surface area contributed by atoms with Crippen molar-refractivity contribution in [2.75, 3.05) is 13.1 Å². The van der Waals surface area contributed by atoms with E-state index in [-0.39, 0.29) is 22.5 Å². The van der Waals surface area contributed by atoms with Gasteiger partial charge in [-0.15, -0.1) is 11.3 Å². The monoisotopic (exact) mass is 483 g/mol.